The maximum absolute atomic E-state index is 12.7. The van der Waals surface area contributed by atoms with E-state index in [4.69, 9.17) is 4.74 Å². The molecule has 0 bridgehead atoms. The quantitative estimate of drug-likeness (QED) is 0.764. The van der Waals surface area contributed by atoms with E-state index in [2.05, 4.69) is 14.4 Å². The smallest absolute Gasteiger partial charge is 0.443 e. The zero-order chi connectivity index (χ0) is 20.6. The maximum Gasteiger partial charge on any atom is 0.468 e. The van der Waals surface area contributed by atoms with Crippen molar-refractivity contribution in [3.05, 3.63) is 30.0 Å². The van der Waals surface area contributed by atoms with E-state index >= 15 is 0 Å². The van der Waals surface area contributed by atoms with Crippen molar-refractivity contribution < 1.29 is 31.9 Å². The van der Waals surface area contributed by atoms with Gasteiger partial charge in [-0.05, 0) is 39.8 Å². The first-order valence-corrected chi connectivity index (χ1v) is 7.84. The van der Waals surface area contributed by atoms with E-state index in [0.717, 1.165) is 11.8 Å². The second-order valence-electron chi connectivity index (χ2n) is 6.66. The van der Waals surface area contributed by atoms with Crippen LogP contribution in [0.15, 0.2) is 22.7 Å². The second kappa shape index (κ2) is 7.01. The lowest BCUT2D eigenvalue weighted by Crippen LogP contribution is -2.40. The molecule has 0 unspecified atom stereocenters. The van der Waals surface area contributed by atoms with Crippen LogP contribution in [0, 0.1) is 6.92 Å². The van der Waals surface area contributed by atoms with Gasteiger partial charge in [-0.1, -0.05) is 0 Å². The number of hydrogen-bond acceptors (Lipinski definition) is 6. The zero-order valence-corrected chi connectivity index (χ0v) is 15.3. The minimum absolute atomic E-state index is 0.0299. The molecule has 0 aliphatic heterocycles. The van der Waals surface area contributed by atoms with E-state index in [1.54, 1.807) is 20.8 Å². The second-order valence-corrected chi connectivity index (χ2v) is 6.66. The van der Waals surface area contributed by atoms with Crippen LogP contribution in [0.1, 0.15) is 39.3 Å². The molecule has 0 radical (unpaired) electrons. The fourth-order valence-electron chi connectivity index (χ4n) is 2.13. The van der Waals surface area contributed by atoms with Crippen molar-refractivity contribution in [3.8, 4) is 11.3 Å². The predicted molar refractivity (Wildman–Crippen MR) is 88.9 cm³/mol. The Bertz CT molecular complexity index is 852. The summed E-state index contributed by atoms with van der Waals surface area (Å²) < 4.78 is 47.9. The van der Waals surface area contributed by atoms with Crippen molar-refractivity contribution >= 4 is 17.8 Å². The number of aromatic nitrogens is 2. The van der Waals surface area contributed by atoms with Crippen LogP contribution in [-0.2, 0) is 15.7 Å². The van der Waals surface area contributed by atoms with Gasteiger partial charge in [-0.15, -0.1) is 0 Å². The minimum atomic E-state index is -4.71. The molecule has 10 heteroatoms. The summed E-state index contributed by atoms with van der Waals surface area (Å²) in [4.78, 5) is 32.2. The highest BCUT2D eigenvalue weighted by Gasteiger charge is 2.38. The van der Waals surface area contributed by atoms with Crippen LogP contribution in [0.3, 0.4) is 0 Å². The van der Waals surface area contributed by atoms with Crippen molar-refractivity contribution in [2.75, 3.05) is 4.90 Å². The van der Waals surface area contributed by atoms with Crippen molar-refractivity contribution in [2.24, 2.45) is 0 Å². The van der Waals surface area contributed by atoms with E-state index in [-0.39, 0.29) is 22.8 Å². The number of nitrogens with zero attached hydrogens (tertiary/aromatic N) is 3. The third kappa shape index (κ3) is 4.83. The Kier molecular flexibility index (Phi) is 5.30. The summed E-state index contributed by atoms with van der Waals surface area (Å²) in [6.45, 7) is 7.44. The number of amides is 2. The summed E-state index contributed by atoms with van der Waals surface area (Å²) in [6, 6.07) is 2.69. The molecule has 0 saturated heterocycles. The highest BCUT2D eigenvalue weighted by atomic mass is 19.4. The van der Waals surface area contributed by atoms with Crippen LogP contribution in [-0.4, -0.2) is 27.6 Å². The normalized spacial score (nSPS) is 12.0. The van der Waals surface area contributed by atoms with Crippen LogP contribution in [0.2, 0.25) is 0 Å². The third-order valence-electron chi connectivity index (χ3n) is 3.18. The number of pyridine rings is 1. The van der Waals surface area contributed by atoms with Crippen molar-refractivity contribution in [2.45, 2.75) is 46.4 Å². The average molecular weight is 385 g/mol. The van der Waals surface area contributed by atoms with Crippen molar-refractivity contribution in [3.63, 3.8) is 0 Å². The van der Waals surface area contributed by atoms with E-state index in [1.165, 1.54) is 25.3 Å². The number of carbonyl (C=O) groups is 2. The Morgan fingerprint density at radius 2 is 1.81 bits per heavy atom. The van der Waals surface area contributed by atoms with Crippen LogP contribution in [0.25, 0.3) is 11.3 Å². The lowest BCUT2D eigenvalue weighted by atomic mass is 10.2. The van der Waals surface area contributed by atoms with Gasteiger partial charge in [-0.25, -0.2) is 14.8 Å². The van der Waals surface area contributed by atoms with Gasteiger partial charge in [0.05, 0.1) is 0 Å². The molecule has 0 aliphatic rings. The molecule has 7 nitrogen and oxygen atoms in total. The number of carbonyl (C=O) groups excluding carboxylic acids is 2. The molecule has 0 aromatic carbocycles. The number of rotatable bonds is 2. The lowest BCUT2D eigenvalue weighted by Gasteiger charge is -2.24. The maximum atomic E-state index is 12.7. The number of halogens is 3. The predicted octanol–water partition coefficient (Wildman–Crippen LogP) is 4.35. The molecule has 27 heavy (non-hydrogen) atoms. The SMILES string of the molecule is CC(=O)N(C(=O)OC(C)(C)C)c1ccc(-c2nc(C(F)(F)F)oc2C)cn1. The third-order valence-corrected chi connectivity index (χ3v) is 3.18. The summed E-state index contributed by atoms with van der Waals surface area (Å²) in [5, 5.41) is 0. The Labute approximate surface area is 153 Å². The van der Waals surface area contributed by atoms with Crippen LogP contribution in [0.5, 0.6) is 0 Å². The molecule has 146 valence electrons. The van der Waals surface area contributed by atoms with Gasteiger partial charge in [0.15, 0.2) is 0 Å². The topological polar surface area (TPSA) is 85.5 Å². The standard InChI is InChI=1S/C17H18F3N3O4/c1-9-13(22-14(26-9)17(18,19)20)11-6-7-12(21-8-11)23(10(2)24)15(25)27-16(3,4)5/h6-8H,1-5H3. The van der Waals surface area contributed by atoms with E-state index in [0.29, 0.717) is 0 Å². The number of imide groups is 1. The molecule has 0 N–H and O–H groups in total. The summed E-state index contributed by atoms with van der Waals surface area (Å²) in [7, 11) is 0. The molecule has 2 aromatic rings. The first-order valence-electron chi connectivity index (χ1n) is 7.84. The van der Waals surface area contributed by atoms with Gasteiger partial charge in [-0.2, -0.15) is 18.1 Å². The molecule has 2 aromatic heterocycles. The van der Waals surface area contributed by atoms with Gasteiger partial charge in [0.2, 0.25) is 5.91 Å². The largest absolute Gasteiger partial charge is 0.468 e. The Morgan fingerprint density at radius 3 is 2.22 bits per heavy atom. The first-order chi connectivity index (χ1) is 12.3. The molecule has 2 heterocycles. The highest BCUT2D eigenvalue weighted by molar-refractivity contribution is 6.10. The van der Waals surface area contributed by atoms with Gasteiger partial charge in [-0.3, -0.25) is 4.79 Å². The number of aryl methyl sites for hydroxylation is 1. The zero-order valence-electron chi connectivity index (χ0n) is 15.3. The average Bonchev–Trinajstić information content (AvgIpc) is 2.88. The molecule has 2 rings (SSSR count). The molecule has 0 fully saturated rings. The van der Waals surface area contributed by atoms with Crippen LogP contribution < -0.4 is 4.90 Å². The summed E-state index contributed by atoms with van der Waals surface area (Å²) in [5.74, 6) is -2.05. The monoisotopic (exact) mass is 385 g/mol. The Hall–Kier alpha value is -2.91. The van der Waals surface area contributed by atoms with Crippen LogP contribution in [0.4, 0.5) is 23.8 Å². The van der Waals surface area contributed by atoms with Gasteiger partial charge in [0.25, 0.3) is 0 Å². The molecule has 0 atom stereocenters. The molecule has 0 saturated carbocycles. The molecule has 0 aliphatic carbocycles. The number of ether oxygens (including phenoxy) is 1. The molecular formula is C17H18F3N3O4. The number of alkyl halides is 3. The summed E-state index contributed by atoms with van der Waals surface area (Å²) in [5.41, 5.74) is -0.618. The molecule has 2 amide bonds. The minimum Gasteiger partial charge on any atom is -0.443 e. The lowest BCUT2D eigenvalue weighted by molar-refractivity contribution is -0.157. The van der Waals surface area contributed by atoms with E-state index < -0.39 is 29.7 Å². The van der Waals surface area contributed by atoms with Gasteiger partial charge < -0.3 is 9.15 Å². The van der Waals surface area contributed by atoms with Crippen LogP contribution >= 0.6 is 0 Å². The number of oxazole rings is 1. The molecular weight excluding hydrogens is 367 g/mol. The van der Waals surface area contributed by atoms with E-state index in [9.17, 15) is 22.8 Å². The van der Waals surface area contributed by atoms with E-state index in [1.807, 2.05) is 0 Å². The van der Waals surface area contributed by atoms with Crippen molar-refractivity contribution in [1.82, 2.24) is 9.97 Å². The summed E-state index contributed by atoms with van der Waals surface area (Å²) >= 11 is 0. The summed E-state index contributed by atoms with van der Waals surface area (Å²) in [6.07, 6.45) is -4.42. The number of anilines is 1. The first kappa shape index (κ1) is 20.4. The van der Waals surface area contributed by atoms with Gasteiger partial charge in [0.1, 0.15) is 22.9 Å². The fraction of sp³-hybridized carbons (Fsp3) is 0.412. The molecule has 0 spiro atoms. The Morgan fingerprint density at radius 1 is 1.19 bits per heavy atom. The highest BCUT2D eigenvalue weighted by Crippen LogP contribution is 2.33. The fourth-order valence-corrected chi connectivity index (χ4v) is 2.13. The number of hydrogen-bond donors (Lipinski definition) is 0. The Balaban J connectivity index is 2.34. The van der Waals surface area contributed by atoms with Gasteiger partial charge in [0, 0.05) is 18.7 Å². The van der Waals surface area contributed by atoms with Crippen molar-refractivity contribution in [1.29, 1.82) is 0 Å². The van der Waals surface area contributed by atoms with Gasteiger partial charge >= 0.3 is 18.2 Å².